The summed E-state index contributed by atoms with van der Waals surface area (Å²) in [6.45, 7) is 9.39. The Morgan fingerprint density at radius 3 is 2.64 bits per heavy atom. The first-order valence-corrected chi connectivity index (χ1v) is 15.3. The summed E-state index contributed by atoms with van der Waals surface area (Å²) in [4.78, 5) is 16.5. The van der Waals surface area contributed by atoms with E-state index < -0.39 is 20.3 Å². The van der Waals surface area contributed by atoms with E-state index in [1.54, 1.807) is 41.8 Å². The number of aliphatic hydroxyl groups is 1. The highest BCUT2D eigenvalue weighted by molar-refractivity contribution is 6.76. The Morgan fingerprint density at radius 2 is 2.00 bits per heavy atom. The minimum atomic E-state index is -1.29. The molecule has 188 valence electrons. The average Bonchev–Trinajstić information content (AvgIpc) is 3.42. The van der Waals surface area contributed by atoms with Crippen LogP contribution in [0.2, 0.25) is 25.7 Å². The van der Waals surface area contributed by atoms with Gasteiger partial charge in [0.15, 0.2) is 0 Å². The molecule has 0 saturated carbocycles. The number of carboxylic acid groups (broad SMARTS) is 1. The molecule has 4 aromatic rings. The van der Waals surface area contributed by atoms with Gasteiger partial charge in [0.05, 0.1) is 35.3 Å². The Balaban J connectivity index is 1.86. The van der Waals surface area contributed by atoms with E-state index >= 15 is 0 Å². The number of aromatic nitrogens is 3. The van der Waals surface area contributed by atoms with Crippen molar-refractivity contribution < 1.29 is 24.5 Å². The van der Waals surface area contributed by atoms with Gasteiger partial charge in [-0.05, 0) is 48.9 Å². The van der Waals surface area contributed by atoms with Crippen LogP contribution in [0.4, 0.5) is 4.79 Å². The van der Waals surface area contributed by atoms with Crippen molar-refractivity contribution in [3.05, 3.63) is 59.0 Å². The molecule has 0 bridgehead atoms. The van der Waals surface area contributed by atoms with Crippen molar-refractivity contribution in [1.29, 1.82) is 5.26 Å². The highest BCUT2D eigenvalue weighted by Crippen LogP contribution is 2.39. The molecule has 2 aromatic carbocycles. The molecule has 1 unspecified atom stereocenters. The fraction of sp³-hybridized carbons (Fsp3) is 0.346. The maximum absolute atomic E-state index is 11.8. The van der Waals surface area contributed by atoms with Crippen LogP contribution in [0.25, 0.3) is 21.9 Å². The summed E-state index contributed by atoms with van der Waals surface area (Å²) >= 11 is 0. The second-order valence-electron chi connectivity index (χ2n) is 10.0. The summed E-state index contributed by atoms with van der Waals surface area (Å²) in [6.07, 6.45) is -0.908. The van der Waals surface area contributed by atoms with Crippen molar-refractivity contribution in [2.24, 2.45) is 0 Å². The van der Waals surface area contributed by atoms with Crippen LogP contribution in [-0.2, 0) is 11.5 Å². The average molecular weight is 507 g/mol. The quantitative estimate of drug-likeness (QED) is 0.252. The van der Waals surface area contributed by atoms with Crippen LogP contribution < -0.4 is 4.74 Å². The van der Waals surface area contributed by atoms with E-state index in [0.717, 1.165) is 16.1 Å². The van der Waals surface area contributed by atoms with E-state index in [4.69, 9.17) is 9.47 Å². The first-order valence-electron chi connectivity index (χ1n) is 11.6. The van der Waals surface area contributed by atoms with Gasteiger partial charge in [-0.25, -0.2) is 9.78 Å². The van der Waals surface area contributed by atoms with Gasteiger partial charge in [-0.1, -0.05) is 19.6 Å². The Bertz CT molecular complexity index is 1490. The van der Waals surface area contributed by atoms with Crippen LogP contribution in [0.5, 0.6) is 5.75 Å². The molecular formula is C26H30N4O5Si. The molecule has 4 rings (SSSR count). The number of imidazole rings is 1. The number of hydrogen-bond donors (Lipinski definition) is 2. The fourth-order valence-corrected chi connectivity index (χ4v) is 5.12. The van der Waals surface area contributed by atoms with Crippen molar-refractivity contribution in [1.82, 2.24) is 14.1 Å². The predicted octanol–water partition coefficient (Wildman–Crippen LogP) is 5.10. The number of aliphatic hydroxyl groups excluding tert-OH is 1. The number of fused-ring (bicyclic) bond motifs is 2. The number of nitrogens with zero attached hydrogens (tertiary/aromatic N) is 4. The molecular weight excluding hydrogens is 476 g/mol. The van der Waals surface area contributed by atoms with Gasteiger partial charge >= 0.3 is 6.09 Å². The van der Waals surface area contributed by atoms with Crippen LogP contribution in [0.3, 0.4) is 0 Å². The molecule has 2 aromatic heterocycles. The second-order valence-corrected chi connectivity index (χ2v) is 15.6. The van der Waals surface area contributed by atoms with Crippen molar-refractivity contribution >= 4 is 36.1 Å². The van der Waals surface area contributed by atoms with Gasteiger partial charge in [0, 0.05) is 31.8 Å². The first-order chi connectivity index (χ1) is 17.1. The summed E-state index contributed by atoms with van der Waals surface area (Å²) in [5.74, 6) is 0.742. The molecule has 0 aliphatic carbocycles. The Labute approximate surface area is 210 Å². The topological polar surface area (TPSA) is 123 Å². The number of hydrogen-bond acceptors (Lipinski definition) is 6. The van der Waals surface area contributed by atoms with Gasteiger partial charge < -0.3 is 24.3 Å². The second kappa shape index (κ2) is 9.77. The molecule has 10 heteroatoms. The molecule has 1 atom stereocenters. The molecule has 9 nitrogen and oxygen atoms in total. The van der Waals surface area contributed by atoms with Gasteiger partial charge in [0.25, 0.3) is 0 Å². The molecule has 0 radical (unpaired) electrons. The van der Waals surface area contributed by atoms with Crippen LogP contribution in [0.15, 0.2) is 36.5 Å². The van der Waals surface area contributed by atoms with E-state index in [9.17, 15) is 20.3 Å². The molecule has 0 fully saturated rings. The zero-order valence-electron chi connectivity index (χ0n) is 21.1. The number of rotatable bonds is 8. The van der Waals surface area contributed by atoms with E-state index in [-0.39, 0.29) is 6.73 Å². The fourth-order valence-electron chi connectivity index (χ4n) is 4.36. The molecule has 2 N–H and O–H groups in total. The highest BCUT2D eigenvalue weighted by Gasteiger charge is 2.27. The lowest BCUT2D eigenvalue weighted by molar-refractivity contribution is 0.0814. The third kappa shape index (κ3) is 4.73. The number of aryl methyl sites for hydroxylation is 1. The van der Waals surface area contributed by atoms with Crippen molar-refractivity contribution in [2.75, 3.05) is 13.7 Å². The van der Waals surface area contributed by atoms with Gasteiger partial charge in [-0.15, -0.1) is 0 Å². The maximum atomic E-state index is 11.8. The van der Waals surface area contributed by atoms with Crippen LogP contribution >= 0.6 is 0 Å². The van der Waals surface area contributed by atoms with Crippen LogP contribution in [0.1, 0.15) is 28.6 Å². The standard InChI is InChI=1S/C26H30N4O5Si/c1-16-12-21(34-2)22(18-8-9-29(23(16)18)26(32)33)24(31)25-28-19-13-17(14-27)6-7-20(19)30(25)15-35-10-11-36(3,4)5/h6-9,12-13,24,31H,10-11,15H2,1-5H3,(H,32,33). The number of ether oxygens (including phenoxy) is 2. The number of carbonyl (C=O) groups is 1. The zero-order valence-corrected chi connectivity index (χ0v) is 22.1. The molecule has 0 aliphatic rings. The predicted molar refractivity (Wildman–Crippen MR) is 139 cm³/mol. The third-order valence-corrected chi connectivity index (χ3v) is 7.93. The lowest BCUT2D eigenvalue weighted by Gasteiger charge is -2.20. The van der Waals surface area contributed by atoms with Gasteiger partial charge in [-0.2, -0.15) is 5.26 Å². The van der Waals surface area contributed by atoms with E-state index in [1.165, 1.54) is 13.3 Å². The molecule has 2 heterocycles. The SMILES string of the molecule is COc1cc(C)c2c(ccn2C(=O)O)c1C(O)c1nc2cc(C#N)ccc2n1COCC[Si](C)(C)C. The number of benzene rings is 2. The van der Waals surface area contributed by atoms with E-state index in [0.29, 0.717) is 51.3 Å². The molecule has 0 aliphatic heterocycles. The Hall–Kier alpha value is -3.65. The largest absolute Gasteiger partial charge is 0.496 e. The first kappa shape index (κ1) is 25.4. The van der Waals surface area contributed by atoms with Gasteiger partial charge in [0.1, 0.15) is 24.4 Å². The van der Waals surface area contributed by atoms with Crippen LogP contribution in [0, 0.1) is 18.3 Å². The van der Waals surface area contributed by atoms with Crippen LogP contribution in [-0.4, -0.2) is 52.2 Å². The monoisotopic (exact) mass is 506 g/mol. The number of methoxy groups -OCH3 is 1. The van der Waals surface area contributed by atoms with E-state index in [2.05, 4.69) is 30.7 Å². The minimum absolute atomic E-state index is 0.173. The lowest BCUT2D eigenvalue weighted by Crippen LogP contribution is -2.22. The molecule has 0 saturated heterocycles. The summed E-state index contributed by atoms with van der Waals surface area (Å²) in [7, 11) is 0.216. The molecule has 36 heavy (non-hydrogen) atoms. The highest BCUT2D eigenvalue weighted by atomic mass is 28.3. The third-order valence-electron chi connectivity index (χ3n) is 6.23. The molecule has 0 spiro atoms. The maximum Gasteiger partial charge on any atom is 0.416 e. The smallest absolute Gasteiger partial charge is 0.416 e. The number of nitriles is 1. The van der Waals surface area contributed by atoms with E-state index in [1.807, 2.05) is 0 Å². The van der Waals surface area contributed by atoms with Crippen molar-refractivity contribution in [2.45, 2.75) is 45.4 Å². The Kier molecular flexibility index (Phi) is 6.91. The Morgan fingerprint density at radius 1 is 1.25 bits per heavy atom. The van der Waals surface area contributed by atoms with Gasteiger partial charge in [0.2, 0.25) is 0 Å². The summed E-state index contributed by atoms with van der Waals surface area (Å²) < 4.78 is 14.5. The minimum Gasteiger partial charge on any atom is -0.496 e. The molecule has 0 amide bonds. The summed E-state index contributed by atoms with van der Waals surface area (Å²) in [6, 6.07) is 11.7. The summed E-state index contributed by atoms with van der Waals surface area (Å²) in [5, 5.41) is 31.3. The zero-order chi connectivity index (χ0) is 26.2. The van der Waals surface area contributed by atoms with Gasteiger partial charge in [-0.3, -0.25) is 4.57 Å². The summed E-state index contributed by atoms with van der Waals surface area (Å²) in [5.41, 5.74) is 3.33. The van der Waals surface area contributed by atoms with Crippen molar-refractivity contribution in [3.63, 3.8) is 0 Å². The normalized spacial score (nSPS) is 12.7. The lowest BCUT2D eigenvalue weighted by atomic mass is 9.99. The van der Waals surface area contributed by atoms with Crippen molar-refractivity contribution in [3.8, 4) is 11.8 Å².